The van der Waals surface area contributed by atoms with E-state index in [0.29, 0.717) is 53.8 Å². The van der Waals surface area contributed by atoms with Crippen LogP contribution in [-0.4, -0.2) is 117 Å². The van der Waals surface area contributed by atoms with Crippen molar-refractivity contribution >= 4 is 60.6 Å². The van der Waals surface area contributed by atoms with E-state index in [1.807, 2.05) is 78.2 Å². The molecule has 1 aliphatic heterocycles. The Kier molecular flexibility index (Phi) is 12.9. The molecule has 4 heterocycles. The summed E-state index contributed by atoms with van der Waals surface area (Å²) in [6, 6.07) is 16.0. The molecule has 4 bridgehead atoms. The Morgan fingerprint density at radius 1 is 0.971 bits per heavy atom. The number of aromatic nitrogens is 4. The number of hydrogen-bond donors (Lipinski definition) is 4. The number of fused-ring (bicyclic) bond motifs is 2. The summed E-state index contributed by atoms with van der Waals surface area (Å²) >= 11 is 1.42. The van der Waals surface area contributed by atoms with Crippen molar-refractivity contribution in [2.75, 3.05) is 49.3 Å². The summed E-state index contributed by atoms with van der Waals surface area (Å²) in [4.78, 5) is 52.2. The molecule has 4 saturated carbocycles. The average molecular weight is 997 g/mol. The minimum absolute atomic E-state index is 0.0430. The summed E-state index contributed by atoms with van der Waals surface area (Å²) in [5.74, 6) is -1.81. The van der Waals surface area contributed by atoms with Gasteiger partial charge in [-0.3, -0.25) is 19.5 Å². The van der Waals surface area contributed by atoms with Crippen molar-refractivity contribution in [3.63, 3.8) is 0 Å². The first-order chi connectivity index (χ1) is 32.9. The van der Waals surface area contributed by atoms with Crippen molar-refractivity contribution in [1.82, 2.24) is 30.0 Å². The van der Waals surface area contributed by atoms with Gasteiger partial charge >= 0.3 is 18.1 Å². The zero-order valence-corrected chi connectivity index (χ0v) is 42.6. The Morgan fingerprint density at radius 2 is 1.71 bits per heavy atom. The molecule has 5 aliphatic rings. The van der Waals surface area contributed by atoms with Gasteiger partial charge in [-0.15, -0.1) is 0 Å². The van der Waals surface area contributed by atoms with E-state index in [0.717, 1.165) is 78.5 Å². The molecular formula is C51H64N8O9S2. The summed E-state index contributed by atoms with van der Waals surface area (Å²) in [5, 5.41) is 21.7. The highest BCUT2D eigenvalue weighted by Crippen LogP contribution is 2.72. The van der Waals surface area contributed by atoms with Crippen molar-refractivity contribution in [2.24, 2.45) is 16.2 Å². The summed E-state index contributed by atoms with van der Waals surface area (Å²) in [5.41, 5.74) is 4.52. The fourth-order valence-electron chi connectivity index (χ4n) is 13.1. The van der Waals surface area contributed by atoms with E-state index in [2.05, 4.69) is 29.5 Å². The number of alkyl carbamates (subject to hydrolysis) is 1. The third-order valence-corrected chi connectivity index (χ3v) is 16.2. The standard InChI is InChI=1S/C51H64N8O9S2/c1-32-37(36-16-17-38(54-42(36)43(60)61)34-15-14-33-11-10-18-58(40(33)21-34)45(62)56-44-55-39-12-8-9-13-41(39)69-44)22-52-59(32)31-50-26-48(5)25-49(6,27-50)29-51(28-48,30-50)67-20-19-57(7)23-35(24-70(64,65)66)53-46(63)68-47(2,3)4/h8-9,12-17,21-22,35H,10-11,18-20,23-31H2,1-7H3,(H,53,63)(H,60,61)(H,55,56,62)(H,64,65,66)/t35-,48?,49?,50?,51?/m1/s1. The number of urea groups is 1. The Labute approximate surface area is 413 Å². The lowest BCUT2D eigenvalue weighted by atomic mass is 9.39. The van der Waals surface area contributed by atoms with E-state index in [1.165, 1.54) is 11.3 Å². The van der Waals surface area contributed by atoms with Crippen LogP contribution in [0.25, 0.3) is 32.6 Å². The molecule has 3 amide bonds. The second kappa shape index (κ2) is 18.3. The van der Waals surface area contributed by atoms with Gasteiger partial charge in [-0.05, 0) is 138 Å². The second-order valence-electron chi connectivity index (χ2n) is 22.3. The van der Waals surface area contributed by atoms with Crippen LogP contribution < -0.4 is 15.5 Å². The molecule has 2 aromatic carbocycles. The number of pyridine rings is 1. The number of amides is 3. The van der Waals surface area contributed by atoms with Gasteiger partial charge in [-0.25, -0.2) is 24.4 Å². The molecule has 19 heteroatoms. The van der Waals surface area contributed by atoms with E-state index >= 15 is 0 Å². The number of rotatable bonds is 15. The smallest absolute Gasteiger partial charge is 0.407 e. The molecule has 3 aromatic heterocycles. The van der Waals surface area contributed by atoms with Gasteiger partial charge in [0.2, 0.25) is 0 Å². The molecule has 0 saturated heterocycles. The number of para-hydroxylation sites is 1. The molecular weight excluding hydrogens is 933 g/mol. The number of ether oxygens (including phenoxy) is 2. The number of nitrogens with zero attached hydrogens (tertiary/aromatic N) is 6. The molecule has 3 atom stereocenters. The predicted molar refractivity (Wildman–Crippen MR) is 269 cm³/mol. The van der Waals surface area contributed by atoms with Crippen molar-refractivity contribution in [1.29, 1.82) is 0 Å². The fourth-order valence-corrected chi connectivity index (χ4v) is 14.7. The molecule has 2 unspecified atom stereocenters. The zero-order chi connectivity index (χ0) is 50.0. The third kappa shape index (κ3) is 10.7. The quantitative estimate of drug-likeness (QED) is 0.0721. The van der Waals surface area contributed by atoms with Crippen molar-refractivity contribution in [3.05, 3.63) is 77.7 Å². The van der Waals surface area contributed by atoms with Crippen LogP contribution in [0.2, 0.25) is 0 Å². The Hall–Kier alpha value is -5.47. The maximum atomic E-state index is 13.7. The van der Waals surface area contributed by atoms with Gasteiger partial charge in [0.1, 0.15) is 5.60 Å². The Balaban J connectivity index is 0.901. The minimum atomic E-state index is -4.39. The highest BCUT2D eigenvalue weighted by atomic mass is 32.2. The van der Waals surface area contributed by atoms with Crippen LogP contribution in [0.15, 0.2) is 60.8 Å². The maximum Gasteiger partial charge on any atom is 0.407 e. The lowest BCUT2D eigenvalue weighted by Crippen LogP contribution is -2.64. The molecule has 0 radical (unpaired) electrons. The molecule has 4 aliphatic carbocycles. The van der Waals surface area contributed by atoms with Crippen LogP contribution in [0, 0.1) is 23.2 Å². The van der Waals surface area contributed by atoms with E-state index < -0.39 is 39.6 Å². The first kappa shape index (κ1) is 49.5. The molecule has 4 N–H and O–H groups in total. The van der Waals surface area contributed by atoms with E-state index in [9.17, 15) is 32.5 Å². The Bertz CT molecular complexity index is 2910. The summed E-state index contributed by atoms with van der Waals surface area (Å²) in [7, 11) is -2.56. The van der Waals surface area contributed by atoms with E-state index in [4.69, 9.17) is 19.6 Å². The van der Waals surface area contributed by atoms with Gasteiger partial charge in [0, 0.05) is 54.3 Å². The Morgan fingerprint density at radius 3 is 2.41 bits per heavy atom. The van der Waals surface area contributed by atoms with Crippen LogP contribution in [-0.2, 0) is 32.6 Å². The van der Waals surface area contributed by atoms with Gasteiger partial charge in [-0.1, -0.05) is 49.4 Å². The number of thiazole rings is 1. The number of hydrogen-bond acceptors (Lipinski definition) is 12. The number of anilines is 2. The first-order valence-corrected chi connectivity index (χ1v) is 26.4. The van der Waals surface area contributed by atoms with E-state index in [1.54, 1.807) is 31.9 Å². The number of carboxylic acids is 1. The molecule has 4 fully saturated rings. The fraction of sp³-hybridized carbons (Fsp3) is 0.529. The molecule has 0 spiro atoms. The predicted octanol–water partition coefficient (Wildman–Crippen LogP) is 9.06. The molecule has 5 aromatic rings. The van der Waals surface area contributed by atoms with Crippen molar-refractivity contribution in [3.8, 4) is 22.4 Å². The van der Waals surface area contributed by atoms with Gasteiger partial charge in [0.15, 0.2) is 10.8 Å². The number of likely N-dealkylation sites (N-methyl/N-ethyl adjacent to an activating group) is 1. The number of benzene rings is 2. The highest BCUT2D eigenvalue weighted by molar-refractivity contribution is 7.85. The SMILES string of the molecule is Cc1c(-c2ccc(-c3ccc4c(c3)N(C(=O)Nc3nc5ccccc5s3)CCC4)nc2C(=O)O)cnn1CC12CC3(C)CC(C)(C1)CC(OCCN(C)C[C@H](CS(=O)(=O)O)NC(=O)OC(C)(C)C)(C3)C2. The minimum Gasteiger partial charge on any atom is -0.476 e. The van der Waals surface area contributed by atoms with Gasteiger partial charge < -0.3 is 24.8 Å². The summed E-state index contributed by atoms with van der Waals surface area (Å²) in [6.45, 7) is 14.1. The third-order valence-electron chi connectivity index (χ3n) is 14.4. The lowest BCUT2D eigenvalue weighted by Gasteiger charge is -2.69. The van der Waals surface area contributed by atoms with Crippen LogP contribution >= 0.6 is 11.3 Å². The van der Waals surface area contributed by atoms with Crippen LogP contribution in [0.1, 0.15) is 101 Å². The maximum absolute atomic E-state index is 13.7. The van der Waals surface area contributed by atoms with Gasteiger partial charge in [-0.2, -0.15) is 13.5 Å². The number of carbonyl (C=O) groups excluding carboxylic acids is 2. The summed E-state index contributed by atoms with van der Waals surface area (Å²) in [6.07, 6.45) is 8.43. The van der Waals surface area contributed by atoms with Crippen LogP contribution in [0.3, 0.4) is 0 Å². The highest BCUT2D eigenvalue weighted by Gasteiger charge is 2.66. The first-order valence-electron chi connectivity index (χ1n) is 24.0. The molecule has 17 nitrogen and oxygen atoms in total. The number of nitrogens with one attached hydrogen (secondary N) is 2. The zero-order valence-electron chi connectivity index (χ0n) is 41.0. The average Bonchev–Trinajstić information content (AvgIpc) is 3.81. The van der Waals surface area contributed by atoms with Gasteiger partial charge in [0.25, 0.3) is 10.1 Å². The number of aryl methyl sites for hydroxylation is 1. The summed E-state index contributed by atoms with van der Waals surface area (Å²) < 4.78 is 48.7. The number of carbonyl (C=O) groups is 3. The molecule has 374 valence electrons. The van der Waals surface area contributed by atoms with Crippen LogP contribution in [0.4, 0.5) is 20.4 Å². The van der Waals surface area contributed by atoms with Crippen molar-refractivity contribution in [2.45, 2.75) is 117 Å². The molecule has 10 rings (SSSR count). The number of aromatic carboxylic acids is 1. The van der Waals surface area contributed by atoms with Crippen LogP contribution in [0.5, 0.6) is 0 Å². The monoisotopic (exact) mass is 996 g/mol. The number of carboxylic acid groups (broad SMARTS) is 1. The normalized spacial score (nSPS) is 24.4. The molecule has 70 heavy (non-hydrogen) atoms. The van der Waals surface area contributed by atoms with Gasteiger partial charge in [0.05, 0.1) is 46.1 Å². The van der Waals surface area contributed by atoms with Crippen molar-refractivity contribution < 1.29 is 41.9 Å². The topological polar surface area (TPSA) is 218 Å². The van der Waals surface area contributed by atoms with E-state index in [-0.39, 0.29) is 40.1 Å². The second-order valence-corrected chi connectivity index (χ2v) is 24.8. The largest absolute Gasteiger partial charge is 0.476 e. The lowest BCUT2D eigenvalue weighted by molar-refractivity contribution is -0.248.